The molecule has 0 bridgehead atoms. The molecule has 1 fully saturated rings. The van der Waals surface area contributed by atoms with Crippen LogP contribution in [0, 0.1) is 11.7 Å². The number of ketones is 3. The summed E-state index contributed by atoms with van der Waals surface area (Å²) in [6.07, 6.45) is 1.67. The normalized spacial score (nSPS) is 16.8. The lowest BCUT2D eigenvalue weighted by molar-refractivity contribution is -0.133. The molecular weight excluding hydrogens is 311 g/mol. The van der Waals surface area contributed by atoms with E-state index in [4.69, 9.17) is 0 Å². The van der Waals surface area contributed by atoms with E-state index in [-0.39, 0.29) is 24.0 Å². The predicted molar refractivity (Wildman–Crippen MR) is 76.6 cm³/mol. The molecule has 1 aliphatic carbocycles. The molecule has 0 spiro atoms. The molecule has 7 heteroatoms. The molecule has 0 aromatic heterocycles. The van der Waals surface area contributed by atoms with E-state index in [0.29, 0.717) is 6.42 Å². The van der Waals surface area contributed by atoms with Crippen molar-refractivity contribution in [3.63, 3.8) is 0 Å². The molecule has 5 nitrogen and oxygen atoms in total. The Hall–Kier alpha value is -1.89. The number of Topliss-reactive ketones (excluding diaryl/α,β-unsaturated/α-hetero) is 3. The molecule has 1 aliphatic rings. The van der Waals surface area contributed by atoms with Gasteiger partial charge in [0.15, 0.2) is 27.2 Å². The Kier molecular flexibility index (Phi) is 4.55. The van der Waals surface area contributed by atoms with Crippen LogP contribution in [0.3, 0.4) is 0 Å². The van der Waals surface area contributed by atoms with Gasteiger partial charge in [0.25, 0.3) is 0 Å². The number of hydrogen-bond donors (Lipinski definition) is 0. The van der Waals surface area contributed by atoms with Crippen LogP contribution in [0.4, 0.5) is 4.39 Å². The highest BCUT2D eigenvalue weighted by atomic mass is 32.2. The van der Waals surface area contributed by atoms with Crippen molar-refractivity contribution in [1.29, 1.82) is 0 Å². The van der Waals surface area contributed by atoms with Crippen molar-refractivity contribution in [2.75, 3.05) is 6.26 Å². The standard InChI is InChI=1S/C15H15FO5S/c1-22(20,21)8-9-7-10(16)5-6-11(9)15(19)14-12(17)3-2-4-13(14)18/h5-7,14H,2-4,8H2,1H3. The zero-order valence-corrected chi connectivity index (χ0v) is 12.8. The summed E-state index contributed by atoms with van der Waals surface area (Å²) in [5.41, 5.74) is -0.112. The van der Waals surface area contributed by atoms with E-state index in [1.807, 2.05) is 0 Å². The molecule has 0 heterocycles. The molecule has 0 aliphatic heterocycles. The smallest absolute Gasteiger partial charge is 0.181 e. The second-order valence-corrected chi connectivity index (χ2v) is 7.60. The highest BCUT2D eigenvalue weighted by Gasteiger charge is 2.37. The summed E-state index contributed by atoms with van der Waals surface area (Å²) in [5, 5.41) is 0. The first-order chi connectivity index (χ1) is 10.2. The van der Waals surface area contributed by atoms with Crippen LogP contribution in [0.15, 0.2) is 18.2 Å². The van der Waals surface area contributed by atoms with Crippen LogP contribution >= 0.6 is 0 Å². The Morgan fingerprint density at radius 2 is 1.82 bits per heavy atom. The molecule has 118 valence electrons. The van der Waals surface area contributed by atoms with Gasteiger partial charge in [-0.2, -0.15) is 0 Å². The van der Waals surface area contributed by atoms with Gasteiger partial charge < -0.3 is 0 Å². The quantitative estimate of drug-likeness (QED) is 0.618. The molecule has 0 N–H and O–H groups in total. The lowest BCUT2D eigenvalue weighted by atomic mass is 9.81. The van der Waals surface area contributed by atoms with Crippen molar-refractivity contribution >= 4 is 27.2 Å². The Morgan fingerprint density at radius 3 is 2.36 bits per heavy atom. The van der Waals surface area contributed by atoms with Gasteiger partial charge in [0.2, 0.25) is 0 Å². The van der Waals surface area contributed by atoms with Crippen LogP contribution in [-0.4, -0.2) is 32.0 Å². The monoisotopic (exact) mass is 326 g/mol. The Bertz CT molecular complexity index is 735. The Morgan fingerprint density at radius 1 is 1.23 bits per heavy atom. The first-order valence-electron chi connectivity index (χ1n) is 6.75. The van der Waals surface area contributed by atoms with Gasteiger partial charge in [-0.15, -0.1) is 0 Å². The number of carbonyl (C=O) groups excluding carboxylic acids is 3. The third kappa shape index (κ3) is 3.65. The largest absolute Gasteiger partial charge is 0.298 e. The zero-order chi connectivity index (χ0) is 16.5. The summed E-state index contributed by atoms with van der Waals surface area (Å²) in [4.78, 5) is 36.2. The number of halogens is 1. The van der Waals surface area contributed by atoms with Gasteiger partial charge in [-0.25, -0.2) is 12.8 Å². The lowest BCUT2D eigenvalue weighted by Gasteiger charge is -2.19. The third-order valence-electron chi connectivity index (χ3n) is 3.50. The van der Waals surface area contributed by atoms with E-state index >= 15 is 0 Å². The molecule has 2 rings (SSSR count). The molecular formula is C15H15FO5S. The molecule has 1 saturated carbocycles. The van der Waals surface area contributed by atoms with E-state index in [1.165, 1.54) is 0 Å². The summed E-state index contributed by atoms with van der Waals surface area (Å²) < 4.78 is 36.2. The van der Waals surface area contributed by atoms with Gasteiger partial charge in [0.05, 0.1) is 5.75 Å². The van der Waals surface area contributed by atoms with Crippen LogP contribution in [0.25, 0.3) is 0 Å². The highest BCUT2D eigenvalue weighted by molar-refractivity contribution is 7.89. The van der Waals surface area contributed by atoms with Crippen molar-refractivity contribution < 1.29 is 27.2 Å². The molecule has 0 saturated heterocycles. The lowest BCUT2D eigenvalue weighted by Crippen LogP contribution is -2.35. The van der Waals surface area contributed by atoms with Crippen LogP contribution in [-0.2, 0) is 25.2 Å². The summed E-state index contributed by atoms with van der Waals surface area (Å²) >= 11 is 0. The number of rotatable bonds is 4. The first kappa shape index (κ1) is 16.5. The number of benzene rings is 1. The van der Waals surface area contributed by atoms with Gasteiger partial charge in [-0.3, -0.25) is 14.4 Å². The number of sulfone groups is 1. The van der Waals surface area contributed by atoms with Crippen molar-refractivity contribution in [2.24, 2.45) is 5.92 Å². The minimum absolute atomic E-state index is 0.0290. The molecule has 1 aromatic rings. The first-order valence-corrected chi connectivity index (χ1v) is 8.81. The Balaban J connectivity index is 2.45. The zero-order valence-electron chi connectivity index (χ0n) is 12.0. The molecule has 0 unspecified atom stereocenters. The molecule has 0 amide bonds. The van der Waals surface area contributed by atoms with E-state index in [0.717, 1.165) is 24.5 Å². The predicted octanol–water partition coefficient (Wildman–Crippen LogP) is 1.49. The molecule has 1 aromatic carbocycles. The minimum atomic E-state index is -3.50. The van der Waals surface area contributed by atoms with Crippen LogP contribution < -0.4 is 0 Å². The van der Waals surface area contributed by atoms with E-state index in [9.17, 15) is 27.2 Å². The molecule has 22 heavy (non-hydrogen) atoms. The summed E-state index contributed by atoms with van der Waals surface area (Å²) in [5.74, 6) is -4.27. The third-order valence-corrected chi connectivity index (χ3v) is 4.34. The number of hydrogen-bond acceptors (Lipinski definition) is 5. The summed E-state index contributed by atoms with van der Waals surface area (Å²) in [6.45, 7) is 0. The average Bonchev–Trinajstić information content (AvgIpc) is 2.36. The van der Waals surface area contributed by atoms with E-state index in [2.05, 4.69) is 0 Å². The average molecular weight is 326 g/mol. The number of carbonyl (C=O) groups is 3. The fourth-order valence-electron chi connectivity index (χ4n) is 2.56. The van der Waals surface area contributed by atoms with Gasteiger partial charge >= 0.3 is 0 Å². The second-order valence-electron chi connectivity index (χ2n) is 5.46. The van der Waals surface area contributed by atoms with E-state index in [1.54, 1.807) is 0 Å². The maximum Gasteiger partial charge on any atom is 0.181 e. The van der Waals surface area contributed by atoms with Crippen LogP contribution in [0.1, 0.15) is 35.2 Å². The van der Waals surface area contributed by atoms with E-state index < -0.39 is 44.7 Å². The fraction of sp³-hybridized carbons (Fsp3) is 0.400. The Labute approximate surface area is 127 Å². The molecule has 0 radical (unpaired) electrons. The maximum absolute atomic E-state index is 13.3. The minimum Gasteiger partial charge on any atom is -0.298 e. The summed E-state index contributed by atoms with van der Waals surface area (Å²) in [6, 6.07) is 3.09. The van der Waals surface area contributed by atoms with Crippen molar-refractivity contribution in [1.82, 2.24) is 0 Å². The maximum atomic E-state index is 13.3. The van der Waals surface area contributed by atoms with Gasteiger partial charge in [-0.05, 0) is 30.2 Å². The fourth-order valence-corrected chi connectivity index (χ4v) is 3.36. The molecule has 0 atom stereocenters. The van der Waals surface area contributed by atoms with Crippen LogP contribution in [0.5, 0.6) is 0 Å². The topological polar surface area (TPSA) is 85.3 Å². The SMILES string of the molecule is CS(=O)(=O)Cc1cc(F)ccc1C(=O)C1C(=O)CCCC1=O. The highest BCUT2D eigenvalue weighted by Crippen LogP contribution is 2.24. The van der Waals surface area contributed by atoms with Gasteiger partial charge in [-0.1, -0.05) is 0 Å². The van der Waals surface area contributed by atoms with Crippen molar-refractivity contribution in [3.05, 3.63) is 35.1 Å². The van der Waals surface area contributed by atoms with Crippen LogP contribution in [0.2, 0.25) is 0 Å². The summed E-state index contributed by atoms with van der Waals surface area (Å²) in [7, 11) is -3.50. The van der Waals surface area contributed by atoms with Crippen molar-refractivity contribution in [3.8, 4) is 0 Å². The van der Waals surface area contributed by atoms with Gasteiger partial charge in [0.1, 0.15) is 11.7 Å². The van der Waals surface area contributed by atoms with Crippen molar-refractivity contribution in [2.45, 2.75) is 25.0 Å². The van der Waals surface area contributed by atoms with Gasteiger partial charge in [0, 0.05) is 24.7 Å². The second kappa shape index (κ2) is 6.08.